The Hall–Kier alpha value is -1.22. The first-order valence-electron chi connectivity index (χ1n) is 5.53. The molecule has 1 atom stereocenters. The number of benzene rings is 1. The van der Waals surface area contributed by atoms with Gasteiger partial charge in [0.15, 0.2) is 0 Å². The molecule has 2 heterocycles. The normalized spacial score (nSPS) is 16.1. The number of fused-ring (bicyclic) bond motifs is 1. The summed E-state index contributed by atoms with van der Waals surface area (Å²) in [6.07, 6.45) is 3.75. The first-order chi connectivity index (χ1) is 7.86. The molecule has 0 amide bonds. The first-order valence-corrected chi connectivity index (χ1v) is 6.69. The van der Waals surface area contributed by atoms with Crippen molar-refractivity contribution in [2.24, 2.45) is 0 Å². The van der Waals surface area contributed by atoms with Gasteiger partial charge in [-0.25, -0.2) is 4.98 Å². The molecule has 0 aliphatic carbocycles. The maximum absolute atomic E-state index is 4.36. The fraction of sp³-hybridized carbons (Fsp3) is 0.308. The number of thioether (sulfide) groups is 1. The van der Waals surface area contributed by atoms with E-state index in [4.69, 9.17) is 0 Å². The average molecular weight is 230 g/mol. The van der Waals surface area contributed by atoms with Crippen molar-refractivity contribution >= 4 is 11.8 Å². The topological polar surface area (TPSA) is 28.7 Å². The molecule has 1 aromatic carbocycles. The third-order valence-electron chi connectivity index (χ3n) is 3.24. The monoisotopic (exact) mass is 230 g/mol. The molecule has 3 rings (SSSR count). The SMILES string of the molecule is CC(c1c[nH]cn1)c1cccc2c1CSC2. The summed E-state index contributed by atoms with van der Waals surface area (Å²) < 4.78 is 0. The highest BCUT2D eigenvalue weighted by Crippen LogP contribution is 2.36. The smallest absolute Gasteiger partial charge is 0.0923 e. The van der Waals surface area contributed by atoms with Crippen molar-refractivity contribution in [3.05, 3.63) is 53.1 Å². The summed E-state index contributed by atoms with van der Waals surface area (Å²) in [6.45, 7) is 2.23. The molecule has 0 saturated heterocycles. The van der Waals surface area contributed by atoms with Gasteiger partial charge in [0.1, 0.15) is 0 Å². The van der Waals surface area contributed by atoms with Gasteiger partial charge in [0.25, 0.3) is 0 Å². The number of aromatic amines is 1. The van der Waals surface area contributed by atoms with Crippen LogP contribution in [0.25, 0.3) is 0 Å². The fourth-order valence-electron chi connectivity index (χ4n) is 2.30. The van der Waals surface area contributed by atoms with Gasteiger partial charge >= 0.3 is 0 Å². The van der Waals surface area contributed by atoms with Gasteiger partial charge in [-0.1, -0.05) is 25.1 Å². The minimum Gasteiger partial charge on any atom is -0.351 e. The molecular weight excluding hydrogens is 216 g/mol. The number of hydrogen-bond acceptors (Lipinski definition) is 2. The predicted octanol–water partition coefficient (Wildman–Crippen LogP) is 3.31. The number of nitrogens with one attached hydrogen (secondary N) is 1. The fourth-order valence-corrected chi connectivity index (χ4v) is 3.45. The standard InChI is InChI=1S/C13H14N2S/c1-9(13-5-14-8-15-13)11-4-2-3-10-6-16-7-12(10)11/h2-5,8-9H,6-7H2,1H3,(H,14,15). The zero-order valence-corrected chi connectivity index (χ0v) is 10.1. The van der Waals surface area contributed by atoms with E-state index in [1.807, 2.05) is 18.0 Å². The van der Waals surface area contributed by atoms with E-state index in [0.717, 1.165) is 17.2 Å². The lowest BCUT2D eigenvalue weighted by Gasteiger charge is -2.13. The average Bonchev–Trinajstić information content (AvgIpc) is 2.98. The molecule has 1 aliphatic heterocycles. The van der Waals surface area contributed by atoms with Crippen molar-refractivity contribution in [1.29, 1.82) is 0 Å². The van der Waals surface area contributed by atoms with Crippen LogP contribution in [0.15, 0.2) is 30.7 Å². The predicted molar refractivity (Wildman–Crippen MR) is 67.5 cm³/mol. The zero-order valence-electron chi connectivity index (χ0n) is 9.23. The molecule has 1 aliphatic rings. The quantitative estimate of drug-likeness (QED) is 0.857. The molecule has 0 bridgehead atoms. The Kier molecular flexibility index (Phi) is 2.48. The van der Waals surface area contributed by atoms with Crippen molar-refractivity contribution in [3.63, 3.8) is 0 Å². The van der Waals surface area contributed by atoms with Crippen molar-refractivity contribution < 1.29 is 0 Å². The Morgan fingerprint density at radius 3 is 3.12 bits per heavy atom. The number of imidazole rings is 1. The molecule has 1 aromatic heterocycles. The van der Waals surface area contributed by atoms with Gasteiger partial charge in [-0.15, -0.1) is 0 Å². The van der Waals surface area contributed by atoms with Crippen molar-refractivity contribution in [2.45, 2.75) is 24.3 Å². The molecule has 0 spiro atoms. The third-order valence-corrected chi connectivity index (χ3v) is 4.25. The maximum Gasteiger partial charge on any atom is 0.0923 e. The van der Waals surface area contributed by atoms with Crippen LogP contribution in [-0.2, 0) is 11.5 Å². The van der Waals surface area contributed by atoms with Crippen LogP contribution in [0.5, 0.6) is 0 Å². The van der Waals surface area contributed by atoms with E-state index in [-0.39, 0.29) is 0 Å². The molecule has 0 fully saturated rings. The van der Waals surface area contributed by atoms with Crippen LogP contribution >= 0.6 is 11.8 Å². The Bertz CT molecular complexity index is 491. The van der Waals surface area contributed by atoms with Crippen molar-refractivity contribution in [2.75, 3.05) is 0 Å². The molecule has 82 valence electrons. The minimum atomic E-state index is 0.389. The number of H-pyrrole nitrogens is 1. The maximum atomic E-state index is 4.36. The molecule has 1 N–H and O–H groups in total. The Morgan fingerprint density at radius 2 is 2.31 bits per heavy atom. The third kappa shape index (κ3) is 1.55. The highest BCUT2D eigenvalue weighted by atomic mass is 32.2. The van der Waals surface area contributed by atoms with E-state index in [2.05, 4.69) is 35.1 Å². The van der Waals surface area contributed by atoms with Gasteiger partial charge in [0, 0.05) is 23.6 Å². The second-order valence-corrected chi connectivity index (χ2v) is 5.18. The van der Waals surface area contributed by atoms with E-state index >= 15 is 0 Å². The van der Waals surface area contributed by atoms with E-state index < -0.39 is 0 Å². The summed E-state index contributed by atoms with van der Waals surface area (Å²) in [5.41, 5.74) is 5.60. The molecular formula is C13H14N2S. The van der Waals surface area contributed by atoms with E-state index in [1.54, 1.807) is 6.33 Å². The Labute approximate surface area is 99.5 Å². The van der Waals surface area contributed by atoms with Gasteiger partial charge < -0.3 is 4.98 Å². The van der Waals surface area contributed by atoms with Crippen molar-refractivity contribution in [1.82, 2.24) is 9.97 Å². The second kappa shape index (κ2) is 3.98. The zero-order chi connectivity index (χ0) is 11.0. The van der Waals surface area contributed by atoms with Crippen LogP contribution in [0, 0.1) is 0 Å². The van der Waals surface area contributed by atoms with E-state index in [9.17, 15) is 0 Å². The van der Waals surface area contributed by atoms with Crippen LogP contribution in [0.3, 0.4) is 0 Å². The number of hydrogen-bond donors (Lipinski definition) is 1. The lowest BCUT2D eigenvalue weighted by Crippen LogP contribution is -2.01. The first kappa shape index (κ1) is 9.97. The summed E-state index contributed by atoms with van der Waals surface area (Å²) in [4.78, 5) is 7.39. The molecule has 16 heavy (non-hydrogen) atoms. The Morgan fingerprint density at radius 1 is 1.38 bits per heavy atom. The second-order valence-electron chi connectivity index (χ2n) is 4.19. The molecule has 3 heteroatoms. The highest BCUT2D eigenvalue weighted by Gasteiger charge is 2.19. The molecule has 0 radical (unpaired) electrons. The summed E-state index contributed by atoms with van der Waals surface area (Å²) >= 11 is 2.00. The lowest BCUT2D eigenvalue weighted by atomic mass is 9.92. The van der Waals surface area contributed by atoms with Crippen molar-refractivity contribution in [3.8, 4) is 0 Å². The van der Waals surface area contributed by atoms with Crippen LogP contribution in [-0.4, -0.2) is 9.97 Å². The van der Waals surface area contributed by atoms with E-state index in [0.29, 0.717) is 5.92 Å². The highest BCUT2D eigenvalue weighted by molar-refractivity contribution is 7.98. The summed E-state index contributed by atoms with van der Waals surface area (Å²) in [6, 6.07) is 6.66. The molecule has 2 nitrogen and oxygen atoms in total. The number of rotatable bonds is 2. The molecule has 0 saturated carbocycles. The van der Waals surface area contributed by atoms with Gasteiger partial charge in [-0.3, -0.25) is 0 Å². The van der Waals surface area contributed by atoms with Gasteiger partial charge in [-0.2, -0.15) is 11.8 Å². The van der Waals surface area contributed by atoms with Gasteiger partial charge in [0.05, 0.1) is 12.0 Å². The lowest BCUT2D eigenvalue weighted by molar-refractivity contribution is 0.870. The van der Waals surface area contributed by atoms with Crippen LogP contribution in [0.4, 0.5) is 0 Å². The minimum absolute atomic E-state index is 0.389. The summed E-state index contributed by atoms with van der Waals surface area (Å²) in [5, 5.41) is 0. The number of aromatic nitrogens is 2. The number of nitrogens with zero attached hydrogens (tertiary/aromatic N) is 1. The summed E-state index contributed by atoms with van der Waals surface area (Å²) in [7, 11) is 0. The Balaban J connectivity index is 2.04. The van der Waals surface area contributed by atoms with Gasteiger partial charge in [0.2, 0.25) is 0 Å². The van der Waals surface area contributed by atoms with Crippen LogP contribution in [0.1, 0.15) is 35.2 Å². The van der Waals surface area contributed by atoms with Gasteiger partial charge in [-0.05, 0) is 16.7 Å². The van der Waals surface area contributed by atoms with E-state index in [1.165, 1.54) is 16.7 Å². The molecule has 1 unspecified atom stereocenters. The summed E-state index contributed by atoms with van der Waals surface area (Å²) in [5.74, 6) is 2.70. The molecule has 2 aromatic rings. The largest absolute Gasteiger partial charge is 0.351 e. The van der Waals surface area contributed by atoms with Crippen LogP contribution in [0.2, 0.25) is 0 Å². The van der Waals surface area contributed by atoms with Crippen LogP contribution < -0.4 is 0 Å².